The molecule has 0 aliphatic heterocycles. The molecule has 0 aliphatic rings. The summed E-state index contributed by atoms with van der Waals surface area (Å²) < 4.78 is 42.3. The van der Waals surface area contributed by atoms with E-state index in [2.05, 4.69) is 329 Å². The molecule has 0 fully saturated rings. The number of benzene rings is 15. The summed E-state index contributed by atoms with van der Waals surface area (Å²) in [6.07, 6.45) is 24.8. The summed E-state index contributed by atoms with van der Waals surface area (Å²) in [5, 5.41) is 23.7. The summed E-state index contributed by atoms with van der Waals surface area (Å²) in [6, 6.07) is 83.2. The van der Waals surface area contributed by atoms with Crippen molar-refractivity contribution in [2.75, 3.05) is 0 Å². The molecule has 15 nitrogen and oxygen atoms in total. The second-order valence-electron chi connectivity index (χ2n) is 33.8. The lowest BCUT2D eigenvalue weighted by Gasteiger charge is -2.08. The Hall–Kier alpha value is -16.0. The first-order valence-corrected chi connectivity index (χ1v) is 43.1. The first-order chi connectivity index (χ1) is 62.3. The Morgan fingerprint density at radius 3 is 0.969 bits per heavy atom. The number of fused-ring (bicyclic) bond motifs is 20. The third-order valence-electron chi connectivity index (χ3n) is 25.5. The fraction of sp³-hybridized carbons (Fsp3) is 0.115. The molecule has 0 spiro atoms. The van der Waals surface area contributed by atoms with Crippen LogP contribution in [0.15, 0.2) is 339 Å². The maximum Gasteiger partial charge on any atom is 0.334 e. The summed E-state index contributed by atoms with van der Waals surface area (Å²) in [4.78, 5) is 22.1. The molecular formula is C113H91N10O5+5. The zero-order chi connectivity index (χ0) is 87.4. The SMILES string of the molecule is Cc1c[n+](C)c(-c2c(C)ccc3c2oc2cc4ccccc4cc23)cn1.Cc1cc(C)c2c(oc3cc4ccccc4cc32)c1-c1cncc[n+]1C.Cc1cc2c(oc3cc4ccccc4cc32)c(-c2cncc[n+]2C)c1C.Cc1ccc2c(oc3cc4ccccc4cc32)c1-c1cncc[n+]1C.Cc1ccc2c(oc3cc4ccccc4cc32)c1-c1nccc[n+]1C. The third kappa shape index (κ3) is 13.9. The van der Waals surface area contributed by atoms with E-state index in [1.165, 1.54) is 98.0 Å². The molecule has 618 valence electrons. The van der Waals surface area contributed by atoms with Crippen LogP contribution in [0.25, 0.3) is 220 Å². The van der Waals surface area contributed by atoms with E-state index in [4.69, 9.17) is 22.1 Å². The Balaban J connectivity index is 0.0000000972. The molecule has 25 aromatic rings. The highest BCUT2D eigenvalue weighted by atomic mass is 16.3. The highest BCUT2D eigenvalue weighted by Crippen LogP contribution is 2.46. The molecule has 10 heterocycles. The van der Waals surface area contributed by atoms with Crippen LogP contribution < -0.4 is 22.8 Å². The van der Waals surface area contributed by atoms with Crippen molar-refractivity contribution in [3.63, 3.8) is 0 Å². The Morgan fingerprint density at radius 1 is 0.234 bits per heavy atom. The molecule has 15 heteroatoms. The zero-order valence-corrected chi connectivity index (χ0v) is 73.5. The van der Waals surface area contributed by atoms with E-state index in [1.807, 2.05) is 108 Å². The number of rotatable bonds is 5. The number of hydrogen-bond donors (Lipinski definition) is 0. The molecule has 0 amide bonds. The predicted octanol–water partition coefficient (Wildman–Crippen LogP) is 25.6. The second-order valence-corrected chi connectivity index (χ2v) is 33.8. The standard InChI is InChI=1S/3C23H19N2O.2C22H17N2O/c1-14-10-19-18-11-16-6-4-5-7-17(16)12-21(18)26-23(19)22(15(14)2)20-13-24-8-9-25(20)3;1-14-10-15(2)22(19-13-24-8-9-25(19)3)23-21(14)18-11-16-6-4-5-7-17(16)12-20(18)26-23;1-14-8-9-18-19-10-16-6-4-5-7-17(16)11-21(19)26-23(18)22(14)20-12-24-15(2)13-25(20)3;1-14-8-9-17-18-12-15-6-3-4-7-16(15)13-19(18)25-21(17)20(14)22-23-10-5-11-24(22)2;1-14-7-8-17-18-11-15-5-3-4-6-16(15)12-20(18)25-22(17)21(14)19-13-23-9-10-24(19)2/h3*4-13H,1-3H3;2*3-13H,1-2H3/q5*+1. The van der Waals surface area contributed by atoms with Crippen LogP contribution in [0.2, 0.25) is 0 Å². The number of aryl methyl sites for hydroxylation is 12. The van der Waals surface area contributed by atoms with E-state index >= 15 is 0 Å². The summed E-state index contributed by atoms with van der Waals surface area (Å²) in [6.45, 7) is 17.0. The lowest BCUT2D eigenvalue weighted by Crippen LogP contribution is -2.31. The summed E-state index contributed by atoms with van der Waals surface area (Å²) in [5.41, 5.74) is 28.4. The van der Waals surface area contributed by atoms with Gasteiger partial charge >= 0.3 is 5.82 Å². The van der Waals surface area contributed by atoms with Crippen LogP contribution in [0.3, 0.4) is 0 Å². The molecule has 0 atom stereocenters. The number of furan rings is 5. The van der Waals surface area contributed by atoms with Crippen LogP contribution in [-0.2, 0) is 35.2 Å². The van der Waals surface area contributed by atoms with Gasteiger partial charge in [-0.3, -0.25) is 15.0 Å². The van der Waals surface area contributed by atoms with E-state index in [9.17, 15) is 0 Å². The van der Waals surface area contributed by atoms with Gasteiger partial charge in [0.15, 0.2) is 30.4 Å². The number of nitrogens with zero attached hydrogens (tertiary/aromatic N) is 10. The number of aromatic nitrogens is 10. The molecule has 0 radical (unpaired) electrons. The smallest absolute Gasteiger partial charge is 0.334 e. The first kappa shape index (κ1) is 79.2. The normalized spacial score (nSPS) is 11.6. The molecular weight excluding hydrogens is 1580 g/mol. The van der Waals surface area contributed by atoms with Gasteiger partial charge in [0.25, 0.3) is 0 Å². The molecule has 128 heavy (non-hydrogen) atoms. The number of hydrogen-bond acceptors (Lipinski definition) is 10. The molecule has 0 saturated carbocycles. The highest BCUT2D eigenvalue weighted by Gasteiger charge is 2.29. The monoisotopic (exact) mass is 1670 g/mol. The molecule has 0 unspecified atom stereocenters. The van der Waals surface area contributed by atoms with Crippen molar-refractivity contribution >= 4 is 164 Å². The lowest BCUT2D eigenvalue weighted by atomic mass is 9.96. The minimum atomic E-state index is 0.902. The molecule has 10 aromatic heterocycles. The molecule has 15 aromatic carbocycles. The minimum absolute atomic E-state index is 0.902. The van der Waals surface area contributed by atoms with Gasteiger partial charge in [-0.2, -0.15) is 18.3 Å². The van der Waals surface area contributed by atoms with Crippen molar-refractivity contribution in [2.45, 2.75) is 55.4 Å². The second kappa shape index (κ2) is 32.0. The molecule has 0 N–H and O–H groups in total. The van der Waals surface area contributed by atoms with Crippen molar-refractivity contribution in [1.82, 2.24) is 24.9 Å². The van der Waals surface area contributed by atoms with E-state index in [0.29, 0.717) is 0 Å². The van der Waals surface area contributed by atoms with E-state index in [0.717, 1.165) is 167 Å². The Morgan fingerprint density at radius 2 is 0.570 bits per heavy atom. The van der Waals surface area contributed by atoms with Crippen molar-refractivity contribution in [3.8, 4) is 56.4 Å². The fourth-order valence-corrected chi connectivity index (χ4v) is 18.8. The topological polar surface area (TPSA) is 150 Å². The highest BCUT2D eigenvalue weighted by molar-refractivity contribution is 6.19. The van der Waals surface area contributed by atoms with Gasteiger partial charge < -0.3 is 22.1 Å². The average molecular weight is 1670 g/mol. The van der Waals surface area contributed by atoms with Gasteiger partial charge in [0, 0.05) is 59.9 Å². The summed E-state index contributed by atoms with van der Waals surface area (Å²) >= 11 is 0. The Bertz CT molecular complexity index is 8650. The van der Waals surface area contributed by atoms with Crippen molar-refractivity contribution < 1.29 is 44.9 Å². The third-order valence-corrected chi connectivity index (χ3v) is 25.5. The van der Waals surface area contributed by atoms with Gasteiger partial charge in [0.1, 0.15) is 95.9 Å². The predicted molar refractivity (Wildman–Crippen MR) is 516 cm³/mol. The zero-order valence-electron chi connectivity index (χ0n) is 73.5. The fourth-order valence-electron chi connectivity index (χ4n) is 18.8. The van der Waals surface area contributed by atoms with Gasteiger partial charge in [-0.05, 0) is 220 Å². The van der Waals surface area contributed by atoms with Crippen LogP contribution in [0.1, 0.15) is 44.6 Å². The van der Waals surface area contributed by atoms with Crippen molar-refractivity contribution in [3.05, 3.63) is 362 Å². The first-order valence-electron chi connectivity index (χ1n) is 43.1. The molecule has 0 aliphatic carbocycles. The maximum atomic E-state index is 6.42. The van der Waals surface area contributed by atoms with Gasteiger partial charge in [-0.1, -0.05) is 164 Å². The Kier molecular flexibility index (Phi) is 19.8. The molecule has 25 rings (SSSR count). The quantitative estimate of drug-likeness (QED) is 0.152. The van der Waals surface area contributed by atoms with Gasteiger partial charge in [0.2, 0.25) is 22.8 Å². The van der Waals surface area contributed by atoms with E-state index < -0.39 is 0 Å². The van der Waals surface area contributed by atoms with E-state index in [1.54, 1.807) is 18.6 Å². The maximum absolute atomic E-state index is 6.42. The average Bonchev–Trinajstić information content (AvgIpc) is 1.43. The van der Waals surface area contributed by atoms with Gasteiger partial charge in [0.05, 0.1) is 78.9 Å². The molecule has 0 saturated heterocycles. The minimum Gasteiger partial charge on any atom is -0.455 e. The van der Waals surface area contributed by atoms with Crippen LogP contribution >= 0.6 is 0 Å². The van der Waals surface area contributed by atoms with Crippen LogP contribution in [0, 0.1) is 55.4 Å². The van der Waals surface area contributed by atoms with Crippen LogP contribution in [0.4, 0.5) is 0 Å². The van der Waals surface area contributed by atoms with Gasteiger partial charge in [-0.25, -0.2) is 9.55 Å². The molecule has 0 bridgehead atoms. The lowest BCUT2D eigenvalue weighted by molar-refractivity contribution is -0.663. The summed E-state index contributed by atoms with van der Waals surface area (Å²) in [7, 11) is 10.2. The van der Waals surface area contributed by atoms with Crippen molar-refractivity contribution in [2.24, 2.45) is 35.2 Å². The van der Waals surface area contributed by atoms with Crippen molar-refractivity contribution in [1.29, 1.82) is 0 Å². The summed E-state index contributed by atoms with van der Waals surface area (Å²) in [5.74, 6) is 0.911. The Labute approximate surface area is 737 Å². The van der Waals surface area contributed by atoms with Gasteiger partial charge in [-0.15, -0.1) is 0 Å². The van der Waals surface area contributed by atoms with E-state index in [-0.39, 0.29) is 0 Å². The largest absolute Gasteiger partial charge is 0.455 e. The van der Waals surface area contributed by atoms with Crippen LogP contribution in [-0.4, -0.2) is 24.9 Å². The van der Waals surface area contributed by atoms with Crippen LogP contribution in [0.5, 0.6) is 0 Å².